The number of aromatic nitrogens is 1. The third-order valence-corrected chi connectivity index (χ3v) is 4.03. The molecule has 0 radical (unpaired) electrons. The minimum atomic E-state index is -3.54. The van der Waals surface area contributed by atoms with E-state index in [0.717, 1.165) is 3.57 Å². The Labute approximate surface area is 113 Å². The van der Waals surface area contributed by atoms with Crippen molar-refractivity contribution in [1.82, 2.24) is 4.98 Å². The zero-order valence-electron chi connectivity index (χ0n) is 8.67. The molecule has 0 saturated carbocycles. The van der Waals surface area contributed by atoms with Crippen molar-refractivity contribution >= 4 is 38.4 Å². The van der Waals surface area contributed by atoms with E-state index in [0.29, 0.717) is 5.82 Å². The number of benzene rings is 1. The molecular weight excluding hydrogens is 351 g/mol. The maximum atomic E-state index is 11.9. The fourth-order valence-corrected chi connectivity index (χ4v) is 2.58. The van der Waals surface area contributed by atoms with Crippen LogP contribution in [0.4, 0.5) is 5.82 Å². The van der Waals surface area contributed by atoms with Crippen LogP contribution in [-0.2, 0) is 10.0 Å². The van der Waals surface area contributed by atoms with Gasteiger partial charge >= 0.3 is 0 Å². The normalized spacial score (nSPS) is 11.1. The second kappa shape index (κ2) is 5.01. The summed E-state index contributed by atoms with van der Waals surface area (Å²) in [6, 6.07) is 11.6. The Morgan fingerprint density at radius 3 is 2.35 bits per heavy atom. The Morgan fingerprint density at radius 2 is 1.76 bits per heavy atom. The standard InChI is InChI=1S/C11H9IN2O2S/c12-9-6-7-11(13-8-9)14-17(15,16)10-4-2-1-3-5-10/h1-8H,(H,13,14). The van der Waals surface area contributed by atoms with Gasteiger partial charge in [-0.05, 0) is 46.9 Å². The molecule has 0 aliphatic heterocycles. The average molecular weight is 360 g/mol. The molecule has 1 N–H and O–H groups in total. The predicted molar refractivity (Wildman–Crippen MR) is 74.2 cm³/mol. The van der Waals surface area contributed by atoms with E-state index in [1.165, 1.54) is 12.1 Å². The van der Waals surface area contributed by atoms with Crippen molar-refractivity contribution in [3.8, 4) is 0 Å². The molecule has 1 aromatic carbocycles. The highest BCUT2D eigenvalue weighted by Gasteiger charge is 2.13. The summed E-state index contributed by atoms with van der Waals surface area (Å²) >= 11 is 2.11. The molecule has 0 saturated heterocycles. The first-order valence-corrected chi connectivity index (χ1v) is 7.33. The maximum Gasteiger partial charge on any atom is 0.263 e. The highest BCUT2D eigenvalue weighted by molar-refractivity contribution is 14.1. The topological polar surface area (TPSA) is 59.1 Å². The van der Waals surface area contributed by atoms with Gasteiger partial charge in [-0.15, -0.1) is 0 Å². The van der Waals surface area contributed by atoms with Gasteiger partial charge in [0.1, 0.15) is 5.82 Å². The van der Waals surface area contributed by atoms with Gasteiger partial charge in [0.15, 0.2) is 0 Å². The van der Waals surface area contributed by atoms with Crippen molar-refractivity contribution < 1.29 is 8.42 Å². The molecule has 2 rings (SSSR count). The van der Waals surface area contributed by atoms with Gasteiger partial charge in [-0.25, -0.2) is 13.4 Å². The summed E-state index contributed by atoms with van der Waals surface area (Å²) in [5.41, 5.74) is 0. The van der Waals surface area contributed by atoms with E-state index in [4.69, 9.17) is 0 Å². The molecule has 0 aliphatic rings. The maximum absolute atomic E-state index is 11.9. The quantitative estimate of drug-likeness (QED) is 0.856. The van der Waals surface area contributed by atoms with Crippen molar-refractivity contribution in [2.24, 2.45) is 0 Å². The van der Waals surface area contributed by atoms with Gasteiger partial charge in [0.25, 0.3) is 10.0 Å². The number of nitrogens with one attached hydrogen (secondary N) is 1. The molecule has 0 spiro atoms. The van der Waals surface area contributed by atoms with Gasteiger partial charge in [-0.1, -0.05) is 18.2 Å². The number of pyridine rings is 1. The van der Waals surface area contributed by atoms with E-state index in [-0.39, 0.29) is 4.90 Å². The Balaban J connectivity index is 2.27. The summed E-state index contributed by atoms with van der Waals surface area (Å²) < 4.78 is 27.2. The van der Waals surface area contributed by atoms with Crippen molar-refractivity contribution in [3.05, 3.63) is 52.2 Å². The first kappa shape index (κ1) is 12.3. The molecule has 2 aromatic rings. The van der Waals surface area contributed by atoms with Crippen LogP contribution in [0.15, 0.2) is 53.6 Å². The summed E-state index contributed by atoms with van der Waals surface area (Å²) in [7, 11) is -3.54. The molecule has 0 bridgehead atoms. The second-order valence-corrected chi connectivity index (χ2v) is 6.21. The molecule has 0 aliphatic carbocycles. The summed E-state index contributed by atoms with van der Waals surface area (Å²) in [5.74, 6) is 0.314. The highest BCUT2D eigenvalue weighted by atomic mass is 127. The average Bonchev–Trinajstić information content (AvgIpc) is 2.33. The van der Waals surface area contributed by atoms with E-state index < -0.39 is 10.0 Å². The van der Waals surface area contributed by atoms with Crippen molar-refractivity contribution in [2.75, 3.05) is 4.72 Å². The number of nitrogens with zero attached hydrogens (tertiary/aromatic N) is 1. The largest absolute Gasteiger partial charge is 0.263 e. The van der Waals surface area contributed by atoms with Crippen molar-refractivity contribution in [2.45, 2.75) is 4.90 Å². The number of hydrogen-bond donors (Lipinski definition) is 1. The summed E-state index contributed by atoms with van der Waals surface area (Å²) in [6.45, 7) is 0. The van der Waals surface area contributed by atoms with Crippen LogP contribution in [0.3, 0.4) is 0 Å². The summed E-state index contributed by atoms with van der Waals surface area (Å²) in [6.07, 6.45) is 1.60. The lowest BCUT2D eigenvalue weighted by atomic mass is 10.4. The van der Waals surface area contributed by atoms with Crippen LogP contribution in [0.2, 0.25) is 0 Å². The minimum absolute atomic E-state index is 0.223. The minimum Gasteiger partial charge on any atom is -0.263 e. The molecule has 1 heterocycles. The van der Waals surface area contributed by atoms with Gasteiger partial charge in [0, 0.05) is 9.77 Å². The first-order valence-electron chi connectivity index (χ1n) is 4.77. The SMILES string of the molecule is O=S(=O)(Nc1ccc(I)cn1)c1ccccc1. The van der Waals surface area contributed by atoms with E-state index >= 15 is 0 Å². The Morgan fingerprint density at radius 1 is 1.06 bits per heavy atom. The molecular formula is C11H9IN2O2S. The second-order valence-electron chi connectivity index (χ2n) is 3.28. The van der Waals surface area contributed by atoms with Gasteiger partial charge in [-0.3, -0.25) is 4.72 Å². The lowest BCUT2D eigenvalue weighted by molar-refractivity contribution is 0.601. The smallest absolute Gasteiger partial charge is 0.263 e. The number of rotatable bonds is 3. The van der Waals surface area contributed by atoms with Crippen LogP contribution in [0.1, 0.15) is 0 Å². The number of halogens is 1. The van der Waals surface area contributed by atoms with Gasteiger partial charge in [0.2, 0.25) is 0 Å². The zero-order valence-corrected chi connectivity index (χ0v) is 11.6. The van der Waals surface area contributed by atoms with Gasteiger partial charge < -0.3 is 0 Å². The summed E-state index contributed by atoms with van der Waals surface area (Å²) in [5, 5.41) is 0. The van der Waals surface area contributed by atoms with Crippen molar-refractivity contribution in [3.63, 3.8) is 0 Å². The lowest BCUT2D eigenvalue weighted by Crippen LogP contribution is -2.13. The van der Waals surface area contributed by atoms with Gasteiger partial charge in [0.05, 0.1) is 4.90 Å². The van der Waals surface area contributed by atoms with Crippen LogP contribution in [-0.4, -0.2) is 13.4 Å². The van der Waals surface area contributed by atoms with E-state index in [1.807, 2.05) is 0 Å². The van der Waals surface area contributed by atoms with Crippen molar-refractivity contribution in [1.29, 1.82) is 0 Å². The Bertz CT molecular complexity index is 597. The van der Waals surface area contributed by atoms with E-state index in [1.54, 1.807) is 36.5 Å². The number of hydrogen-bond acceptors (Lipinski definition) is 3. The van der Waals surface area contributed by atoms with Crippen LogP contribution >= 0.6 is 22.6 Å². The van der Waals surface area contributed by atoms with Crippen LogP contribution in [0.5, 0.6) is 0 Å². The fraction of sp³-hybridized carbons (Fsp3) is 0. The number of anilines is 1. The molecule has 0 amide bonds. The fourth-order valence-electron chi connectivity index (χ4n) is 1.23. The van der Waals surface area contributed by atoms with Crippen LogP contribution in [0.25, 0.3) is 0 Å². The number of sulfonamides is 1. The molecule has 0 atom stereocenters. The third-order valence-electron chi connectivity index (χ3n) is 2.02. The van der Waals surface area contributed by atoms with Gasteiger partial charge in [-0.2, -0.15) is 0 Å². The van der Waals surface area contributed by atoms with Crippen LogP contribution in [0, 0.1) is 3.57 Å². The van der Waals surface area contributed by atoms with E-state index in [9.17, 15) is 8.42 Å². The molecule has 88 valence electrons. The van der Waals surface area contributed by atoms with E-state index in [2.05, 4.69) is 32.3 Å². The van der Waals surface area contributed by atoms with Crippen LogP contribution < -0.4 is 4.72 Å². The molecule has 1 aromatic heterocycles. The third kappa shape index (κ3) is 3.16. The highest BCUT2D eigenvalue weighted by Crippen LogP contribution is 2.14. The Kier molecular flexibility index (Phi) is 3.63. The Hall–Kier alpha value is -1.15. The molecule has 6 heteroatoms. The summed E-state index contributed by atoms with van der Waals surface area (Å²) in [4.78, 5) is 4.21. The lowest BCUT2D eigenvalue weighted by Gasteiger charge is -2.06. The zero-order chi connectivity index (χ0) is 12.3. The molecule has 0 fully saturated rings. The predicted octanol–water partition coefficient (Wildman–Crippen LogP) is 2.49. The monoisotopic (exact) mass is 360 g/mol. The molecule has 4 nitrogen and oxygen atoms in total. The molecule has 17 heavy (non-hydrogen) atoms. The molecule has 0 unspecified atom stereocenters. The first-order chi connectivity index (χ1) is 8.08.